The van der Waals surface area contributed by atoms with Crippen LogP contribution < -0.4 is 10.6 Å². The number of hydrogen-bond donors (Lipinski definition) is 2. The van der Waals surface area contributed by atoms with Crippen molar-refractivity contribution >= 4 is 48.1 Å². The van der Waals surface area contributed by atoms with Gasteiger partial charge in [0.25, 0.3) is 5.91 Å². The van der Waals surface area contributed by atoms with Crippen LogP contribution in [0.15, 0.2) is 59.8 Å². The Balaban J connectivity index is 0.00000128. The number of fused-ring (bicyclic) bond motifs is 3. The summed E-state index contributed by atoms with van der Waals surface area (Å²) >= 11 is 1.67. The second-order valence-electron chi connectivity index (χ2n) is 7.76. The van der Waals surface area contributed by atoms with E-state index in [0.29, 0.717) is 12.1 Å². The second kappa shape index (κ2) is 10.1. The average molecular weight is 465 g/mol. The number of amides is 1. The highest BCUT2D eigenvalue weighted by Gasteiger charge is 2.34. The van der Waals surface area contributed by atoms with Crippen LogP contribution in [0.4, 0.5) is 0 Å². The van der Waals surface area contributed by atoms with Crippen molar-refractivity contribution in [3.8, 4) is 0 Å². The monoisotopic (exact) mass is 464 g/mol. The summed E-state index contributed by atoms with van der Waals surface area (Å²) in [6.07, 6.45) is 8.61. The molecule has 160 valence electrons. The molecule has 4 heterocycles. The number of carbonyl (C=O) groups excluding carboxylic acids is 1. The number of thioether (sulfide) groups is 1. The van der Waals surface area contributed by atoms with Crippen LogP contribution in [0.2, 0.25) is 0 Å². The van der Waals surface area contributed by atoms with E-state index >= 15 is 0 Å². The summed E-state index contributed by atoms with van der Waals surface area (Å²) in [4.78, 5) is 18.6. The van der Waals surface area contributed by atoms with Crippen LogP contribution in [0.25, 0.3) is 5.65 Å². The van der Waals surface area contributed by atoms with E-state index in [2.05, 4.69) is 21.8 Å². The molecule has 2 bridgehead atoms. The largest absolute Gasteiger partial charge is 0.349 e. The van der Waals surface area contributed by atoms with E-state index in [0.717, 1.165) is 40.4 Å². The summed E-state index contributed by atoms with van der Waals surface area (Å²) in [5, 5.41) is 6.91. The average Bonchev–Trinajstić information content (AvgIpc) is 3.28. The summed E-state index contributed by atoms with van der Waals surface area (Å²) in [7, 11) is 0. The van der Waals surface area contributed by atoms with Gasteiger partial charge >= 0.3 is 0 Å². The molecule has 2 atom stereocenters. The van der Waals surface area contributed by atoms with Gasteiger partial charge in [0.2, 0.25) is 0 Å². The lowest BCUT2D eigenvalue weighted by atomic mass is 9.99. The molecule has 5 rings (SSSR count). The minimum Gasteiger partial charge on any atom is -0.349 e. The van der Waals surface area contributed by atoms with Gasteiger partial charge in [-0.15, -0.1) is 36.6 Å². The molecule has 30 heavy (non-hydrogen) atoms. The zero-order valence-corrected chi connectivity index (χ0v) is 18.9. The van der Waals surface area contributed by atoms with Gasteiger partial charge in [0, 0.05) is 41.2 Å². The smallest absolute Gasteiger partial charge is 0.252 e. The fourth-order valence-electron chi connectivity index (χ4n) is 4.43. The third-order valence-corrected chi connectivity index (χ3v) is 6.84. The lowest BCUT2D eigenvalue weighted by molar-refractivity contribution is 0.0921. The Morgan fingerprint density at radius 1 is 1.10 bits per heavy atom. The first-order valence-corrected chi connectivity index (χ1v) is 10.9. The Labute approximate surface area is 193 Å². The number of carbonyl (C=O) groups is 1. The van der Waals surface area contributed by atoms with E-state index < -0.39 is 0 Å². The van der Waals surface area contributed by atoms with Crippen molar-refractivity contribution in [2.24, 2.45) is 0 Å². The molecule has 0 spiro atoms. The Morgan fingerprint density at radius 2 is 1.83 bits per heavy atom. The minimum absolute atomic E-state index is 0. The Hall–Kier alpha value is -1.73. The number of nitrogens with zero attached hydrogens (tertiary/aromatic N) is 2. The van der Waals surface area contributed by atoms with Crippen molar-refractivity contribution in [3.05, 3.63) is 66.1 Å². The number of hydrogen-bond acceptors (Lipinski definition) is 4. The zero-order valence-electron chi connectivity index (χ0n) is 16.5. The van der Waals surface area contributed by atoms with E-state index in [4.69, 9.17) is 0 Å². The van der Waals surface area contributed by atoms with E-state index in [1.807, 2.05) is 53.1 Å². The third-order valence-electron chi connectivity index (χ3n) is 5.73. The number of pyridine rings is 1. The molecule has 2 saturated heterocycles. The number of imidazole rings is 1. The van der Waals surface area contributed by atoms with Crippen molar-refractivity contribution in [1.82, 2.24) is 20.0 Å². The van der Waals surface area contributed by atoms with Crippen molar-refractivity contribution < 1.29 is 4.79 Å². The van der Waals surface area contributed by atoms with E-state index in [-0.39, 0.29) is 36.8 Å². The van der Waals surface area contributed by atoms with Gasteiger partial charge < -0.3 is 15.0 Å². The first-order chi connectivity index (χ1) is 13.7. The fourth-order valence-corrected chi connectivity index (χ4v) is 5.36. The molecule has 2 fully saturated rings. The summed E-state index contributed by atoms with van der Waals surface area (Å²) in [5.41, 5.74) is 2.73. The minimum atomic E-state index is 0. The van der Waals surface area contributed by atoms with Crippen LogP contribution in [-0.2, 0) is 5.75 Å². The van der Waals surface area contributed by atoms with Gasteiger partial charge in [-0.05, 0) is 49.9 Å². The first kappa shape index (κ1) is 22.9. The van der Waals surface area contributed by atoms with Gasteiger partial charge in [-0.1, -0.05) is 18.2 Å². The van der Waals surface area contributed by atoms with Crippen molar-refractivity contribution in [2.75, 3.05) is 0 Å². The summed E-state index contributed by atoms with van der Waals surface area (Å²) < 4.78 is 2.03. The number of piperidine rings is 1. The predicted octanol–water partition coefficient (Wildman–Crippen LogP) is 4.48. The number of nitrogens with one attached hydrogen (secondary N) is 2. The molecule has 1 amide bonds. The molecule has 2 aliphatic heterocycles. The van der Waals surface area contributed by atoms with Crippen LogP contribution in [-0.4, -0.2) is 33.4 Å². The quantitative estimate of drug-likeness (QED) is 0.546. The van der Waals surface area contributed by atoms with Crippen molar-refractivity contribution in [3.63, 3.8) is 0 Å². The standard InChI is InChI=1S/C22H24N4OS.2ClH/c27-22(25-17-11-15-8-9-16(12-17)23-15)19-5-1-2-6-20(19)28-14-18-13-26-10-4-3-7-21(26)24-18;;/h1-7,10,13,15-17,23H,8-9,11-12,14H2,(H,25,27);2*1H. The highest BCUT2D eigenvalue weighted by Crippen LogP contribution is 2.29. The number of aromatic nitrogens is 2. The maximum absolute atomic E-state index is 13.0. The molecule has 3 aromatic rings. The van der Waals surface area contributed by atoms with Gasteiger partial charge in [0.15, 0.2) is 0 Å². The summed E-state index contributed by atoms with van der Waals surface area (Å²) in [6, 6.07) is 15.3. The van der Waals surface area contributed by atoms with Crippen LogP contribution >= 0.6 is 36.6 Å². The lowest BCUT2D eigenvalue weighted by Gasteiger charge is -2.29. The zero-order chi connectivity index (χ0) is 18.9. The number of halogens is 2. The molecule has 1 aromatic carbocycles. The third kappa shape index (κ3) is 4.94. The van der Waals surface area contributed by atoms with Crippen molar-refractivity contribution in [1.29, 1.82) is 0 Å². The van der Waals surface area contributed by atoms with Crippen LogP contribution in [0.5, 0.6) is 0 Å². The first-order valence-electron chi connectivity index (χ1n) is 9.96. The van der Waals surface area contributed by atoms with Gasteiger partial charge in [-0.2, -0.15) is 0 Å². The predicted molar refractivity (Wildman–Crippen MR) is 126 cm³/mol. The lowest BCUT2D eigenvalue weighted by Crippen LogP contribution is -2.48. The van der Waals surface area contributed by atoms with Gasteiger partial charge in [0.05, 0.1) is 11.3 Å². The number of rotatable bonds is 5. The highest BCUT2D eigenvalue weighted by atomic mass is 35.5. The normalized spacial score (nSPS) is 22.2. The maximum atomic E-state index is 13.0. The SMILES string of the molecule is Cl.Cl.O=C(NC1CC2CCC(C1)N2)c1ccccc1SCc1cn2ccccc2n1. The molecule has 0 radical (unpaired) electrons. The molecule has 0 saturated carbocycles. The fraction of sp³-hybridized carbons (Fsp3) is 0.364. The van der Waals surface area contributed by atoms with Gasteiger partial charge in [-0.25, -0.2) is 4.98 Å². The molecule has 2 unspecified atom stereocenters. The Bertz CT molecular complexity index is 966. The van der Waals surface area contributed by atoms with Crippen LogP contribution in [0, 0.1) is 0 Å². The van der Waals surface area contributed by atoms with E-state index in [1.54, 1.807) is 11.8 Å². The maximum Gasteiger partial charge on any atom is 0.252 e. The molecular formula is C22H26Cl2N4OS. The van der Waals surface area contributed by atoms with Crippen molar-refractivity contribution in [2.45, 2.75) is 54.5 Å². The molecule has 2 N–H and O–H groups in total. The number of benzene rings is 1. The molecule has 0 aliphatic carbocycles. The summed E-state index contributed by atoms with van der Waals surface area (Å²) in [5.74, 6) is 0.785. The molecule has 2 aliphatic rings. The molecular weight excluding hydrogens is 439 g/mol. The molecule has 5 nitrogen and oxygen atoms in total. The Kier molecular flexibility index (Phi) is 7.69. The second-order valence-corrected chi connectivity index (χ2v) is 8.78. The summed E-state index contributed by atoms with van der Waals surface area (Å²) in [6.45, 7) is 0. The van der Waals surface area contributed by atoms with E-state index in [1.165, 1.54) is 12.8 Å². The van der Waals surface area contributed by atoms with Crippen LogP contribution in [0.1, 0.15) is 41.7 Å². The molecule has 8 heteroatoms. The topological polar surface area (TPSA) is 58.4 Å². The van der Waals surface area contributed by atoms with E-state index in [9.17, 15) is 4.79 Å². The highest BCUT2D eigenvalue weighted by molar-refractivity contribution is 7.98. The molecule has 2 aromatic heterocycles. The van der Waals surface area contributed by atoms with Gasteiger partial charge in [-0.3, -0.25) is 4.79 Å². The Morgan fingerprint density at radius 3 is 2.60 bits per heavy atom. The van der Waals surface area contributed by atoms with Gasteiger partial charge in [0.1, 0.15) is 5.65 Å². The van der Waals surface area contributed by atoms with Crippen LogP contribution in [0.3, 0.4) is 0 Å².